The van der Waals surface area contributed by atoms with E-state index in [1.807, 2.05) is 0 Å². The van der Waals surface area contributed by atoms with Crippen molar-refractivity contribution in [3.05, 3.63) is 0 Å². The van der Waals surface area contributed by atoms with Crippen molar-refractivity contribution in [2.75, 3.05) is 19.8 Å². The van der Waals surface area contributed by atoms with Crippen LogP contribution in [0.25, 0.3) is 0 Å². The van der Waals surface area contributed by atoms with Crippen LogP contribution in [0.1, 0.15) is 13.8 Å². The summed E-state index contributed by atoms with van der Waals surface area (Å²) in [6.45, 7) is 3.22. The number of hydrogen-bond donors (Lipinski definition) is 4. The van der Waals surface area contributed by atoms with Crippen molar-refractivity contribution in [3.63, 3.8) is 0 Å². The third-order valence-corrected chi connectivity index (χ3v) is 5.33. The molecule has 0 aromatic carbocycles. The quantitative estimate of drug-likeness (QED) is 0.448. The van der Waals surface area contributed by atoms with Crippen LogP contribution in [0.4, 0.5) is 4.79 Å². The van der Waals surface area contributed by atoms with Crippen molar-refractivity contribution in [2.45, 2.75) is 44.4 Å². The molecule has 2 rings (SSSR count). The van der Waals surface area contributed by atoms with Gasteiger partial charge < -0.3 is 20.1 Å². The Morgan fingerprint density at radius 1 is 1.23 bits per heavy atom. The fraction of sp³-hybridized carbons (Fsp3) is 0.909. The molecule has 1 amide bonds. The number of aliphatic hydroxyl groups excluding tert-OH is 3. The number of carbonyl (C=O) groups is 1. The number of aliphatic hydroxyl groups is 3. The SMILES string of the molecule is CCOP(=O)(N[C@@H]1C(O)[C@@H](O)[C@H](O)C2COC(=O)N21)OCC. The summed E-state index contributed by atoms with van der Waals surface area (Å²) in [5.74, 6) is 0. The van der Waals surface area contributed by atoms with E-state index in [0.29, 0.717) is 0 Å². The Balaban J connectivity index is 2.26. The van der Waals surface area contributed by atoms with Gasteiger partial charge in [0, 0.05) is 0 Å². The van der Waals surface area contributed by atoms with E-state index in [0.717, 1.165) is 4.90 Å². The van der Waals surface area contributed by atoms with Crippen molar-refractivity contribution in [1.29, 1.82) is 0 Å². The normalized spacial score (nSPS) is 35.4. The Hall–Kier alpha value is -0.740. The summed E-state index contributed by atoms with van der Waals surface area (Å²) in [5.41, 5.74) is 0. The summed E-state index contributed by atoms with van der Waals surface area (Å²) in [6, 6.07) is -0.861. The number of piperidine rings is 1. The molecule has 2 unspecified atom stereocenters. The average molecular weight is 340 g/mol. The number of rotatable bonds is 6. The molecule has 5 atom stereocenters. The first-order chi connectivity index (χ1) is 10.3. The first-order valence-electron chi connectivity index (χ1n) is 7.00. The Morgan fingerprint density at radius 2 is 1.82 bits per heavy atom. The molecule has 2 saturated heterocycles. The van der Waals surface area contributed by atoms with Crippen LogP contribution in [-0.4, -0.2) is 76.7 Å². The van der Waals surface area contributed by atoms with Gasteiger partial charge in [0.05, 0.1) is 19.3 Å². The molecule has 22 heavy (non-hydrogen) atoms. The molecule has 4 N–H and O–H groups in total. The zero-order valence-electron chi connectivity index (χ0n) is 12.3. The molecule has 10 nitrogen and oxygen atoms in total. The maximum Gasteiger partial charge on any atom is 0.411 e. The topological polar surface area (TPSA) is 138 Å². The minimum absolute atomic E-state index is 0.0755. The number of hydrogen-bond acceptors (Lipinski definition) is 8. The number of nitrogens with one attached hydrogen (secondary N) is 1. The minimum atomic E-state index is -3.80. The number of carbonyl (C=O) groups excluding carboxylic acids is 1. The lowest BCUT2D eigenvalue weighted by molar-refractivity contribution is -0.145. The zero-order valence-corrected chi connectivity index (χ0v) is 13.2. The summed E-state index contributed by atoms with van der Waals surface area (Å²) in [4.78, 5) is 12.8. The Labute approximate surface area is 127 Å². The zero-order chi connectivity index (χ0) is 16.5. The van der Waals surface area contributed by atoms with E-state index in [4.69, 9.17) is 13.8 Å². The van der Waals surface area contributed by atoms with E-state index in [9.17, 15) is 24.7 Å². The molecule has 0 aliphatic carbocycles. The van der Waals surface area contributed by atoms with Gasteiger partial charge in [-0.2, -0.15) is 5.09 Å². The van der Waals surface area contributed by atoms with E-state index in [-0.39, 0.29) is 19.8 Å². The van der Waals surface area contributed by atoms with Crippen molar-refractivity contribution in [3.8, 4) is 0 Å². The summed E-state index contributed by atoms with van der Waals surface area (Å²) in [7, 11) is -3.80. The molecule has 11 heteroatoms. The Morgan fingerprint density at radius 3 is 2.36 bits per heavy atom. The lowest BCUT2D eigenvalue weighted by Gasteiger charge is -2.44. The molecule has 0 aromatic heterocycles. The highest BCUT2D eigenvalue weighted by Crippen LogP contribution is 2.45. The lowest BCUT2D eigenvalue weighted by atomic mass is 9.93. The molecule has 0 aromatic rings. The van der Waals surface area contributed by atoms with Gasteiger partial charge in [-0.15, -0.1) is 0 Å². The molecule has 0 bridgehead atoms. The molecule has 0 radical (unpaired) electrons. The number of amides is 1. The van der Waals surface area contributed by atoms with Crippen LogP contribution in [0, 0.1) is 0 Å². The van der Waals surface area contributed by atoms with Crippen LogP contribution >= 0.6 is 7.75 Å². The van der Waals surface area contributed by atoms with Crippen molar-refractivity contribution < 1.29 is 38.5 Å². The second-order valence-electron chi connectivity index (χ2n) is 4.93. The highest BCUT2D eigenvalue weighted by molar-refractivity contribution is 7.51. The molecule has 128 valence electrons. The lowest BCUT2D eigenvalue weighted by Crippen LogP contribution is -2.69. The summed E-state index contributed by atoms with van der Waals surface area (Å²) < 4.78 is 27.5. The Kier molecular flexibility index (Phi) is 5.44. The number of nitrogens with zero attached hydrogens (tertiary/aromatic N) is 1. The number of fused-ring (bicyclic) bond motifs is 1. The van der Waals surface area contributed by atoms with Crippen LogP contribution in [0.15, 0.2) is 0 Å². The van der Waals surface area contributed by atoms with E-state index in [2.05, 4.69) is 5.09 Å². The fourth-order valence-corrected chi connectivity index (χ4v) is 4.07. The van der Waals surface area contributed by atoms with E-state index >= 15 is 0 Å². The van der Waals surface area contributed by atoms with Crippen LogP contribution in [0.3, 0.4) is 0 Å². The fourth-order valence-electron chi connectivity index (χ4n) is 2.56. The van der Waals surface area contributed by atoms with Crippen LogP contribution < -0.4 is 5.09 Å². The van der Waals surface area contributed by atoms with Crippen molar-refractivity contribution in [1.82, 2.24) is 9.99 Å². The van der Waals surface area contributed by atoms with Gasteiger partial charge in [0.15, 0.2) is 0 Å². The highest BCUT2D eigenvalue weighted by Gasteiger charge is 2.55. The summed E-state index contributed by atoms with van der Waals surface area (Å²) in [6.07, 6.45) is -6.58. The third kappa shape index (κ3) is 3.13. The number of cyclic esters (lactones) is 1. The Bertz CT molecular complexity index is 453. The monoisotopic (exact) mass is 340 g/mol. The molecule has 2 aliphatic rings. The smallest absolute Gasteiger partial charge is 0.411 e. The van der Waals surface area contributed by atoms with Gasteiger partial charge in [0.2, 0.25) is 0 Å². The van der Waals surface area contributed by atoms with Crippen molar-refractivity contribution in [2.24, 2.45) is 0 Å². The van der Waals surface area contributed by atoms with Gasteiger partial charge in [-0.3, -0.25) is 13.9 Å². The van der Waals surface area contributed by atoms with Gasteiger partial charge in [-0.25, -0.2) is 9.36 Å². The summed E-state index contributed by atoms with van der Waals surface area (Å²) in [5, 5.41) is 32.4. The first-order valence-corrected chi connectivity index (χ1v) is 8.55. The van der Waals surface area contributed by atoms with Crippen LogP contribution in [0.2, 0.25) is 0 Å². The molecular weight excluding hydrogens is 319 g/mol. The largest absolute Gasteiger partial charge is 0.447 e. The van der Waals surface area contributed by atoms with E-state index in [1.165, 1.54) is 0 Å². The van der Waals surface area contributed by atoms with Gasteiger partial charge in [0.25, 0.3) is 0 Å². The maximum atomic E-state index is 12.5. The maximum absolute atomic E-state index is 12.5. The van der Waals surface area contributed by atoms with Gasteiger partial charge in [-0.05, 0) is 13.8 Å². The standard InChI is InChI=1S/C11H21N2O8P/c1-3-20-22(18,21-4-2)12-10-9(16)8(15)7(14)6-5-19-11(17)13(6)10/h6-10,14-16H,3-5H2,1-2H3,(H,12,18)/t6?,7-,8+,9?,10+/m1/s1. The molecule has 2 aliphatic heterocycles. The molecule has 0 spiro atoms. The van der Waals surface area contributed by atoms with E-state index < -0.39 is 44.4 Å². The molecule has 0 saturated carbocycles. The average Bonchev–Trinajstić information content (AvgIpc) is 2.84. The molecule has 2 fully saturated rings. The van der Waals surface area contributed by atoms with Crippen LogP contribution in [-0.2, 0) is 18.3 Å². The van der Waals surface area contributed by atoms with Crippen molar-refractivity contribution >= 4 is 13.8 Å². The molecular formula is C11H21N2O8P. The van der Waals surface area contributed by atoms with Gasteiger partial charge >= 0.3 is 13.8 Å². The third-order valence-electron chi connectivity index (χ3n) is 3.55. The highest BCUT2D eigenvalue weighted by atomic mass is 31.2. The minimum Gasteiger partial charge on any atom is -0.447 e. The summed E-state index contributed by atoms with van der Waals surface area (Å²) >= 11 is 0. The second-order valence-corrected chi connectivity index (χ2v) is 6.70. The first kappa shape index (κ1) is 17.6. The van der Waals surface area contributed by atoms with Gasteiger partial charge in [-0.1, -0.05) is 0 Å². The van der Waals surface area contributed by atoms with Gasteiger partial charge in [0.1, 0.15) is 31.1 Å². The predicted octanol–water partition coefficient (Wildman–Crippen LogP) is -1.000. The second kappa shape index (κ2) is 6.79. The number of ether oxygens (including phenoxy) is 1. The predicted molar refractivity (Wildman–Crippen MR) is 72.8 cm³/mol. The molecule has 2 heterocycles. The van der Waals surface area contributed by atoms with Crippen LogP contribution in [0.5, 0.6) is 0 Å². The van der Waals surface area contributed by atoms with E-state index in [1.54, 1.807) is 13.8 Å².